The first kappa shape index (κ1) is 21.7. The lowest BCUT2D eigenvalue weighted by molar-refractivity contribution is -0.116. The Kier molecular flexibility index (Phi) is 7.45. The van der Waals surface area contributed by atoms with E-state index in [9.17, 15) is 9.59 Å². The standard InChI is InChI=1S/C26H23NO4/c1-30-24-14-11-19(12-15-24)13-16-25(28)27-23-8-4-6-21(18-23)10-9-20-5-3-7-22(17-20)26(29)31-2/h3-8,11-12,14-15,17-18H,13,16H2,1-2H3,(H,27,28). The van der Waals surface area contributed by atoms with Crippen LogP contribution in [-0.4, -0.2) is 26.1 Å². The van der Waals surface area contributed by atoms with Crippen molar-refractivity contribution in [3.63, 3.8) is 0 Å². The molecule has 0 saturated carbocycles. The maximum Gasteiger partial charge on any atom is 0.337 e. The Morgan fingerprint density at radius 3 is 2.23 bits per heavy atom. The highest BCUT2D eigenvalue weighted by molar-refractivity contribution is 5.91. The lowest BCUT2D eigenvalue weighted by Gasteiger charge is -2.06. The van der Waals surface area contributed by atoms with Crippen LogP contribution in [0.5, 0.6) is 5.75 Å². The molecule has 0 radical (unpaired) electrons. The first-order valence-corrected chi connectivity index (χ1v) is 9.80. The summed E-state index contributed by atoms with van der Waals surface area (Å²) < 4.78 is 9.88. The molecule has 5 nitrogen and oxygen atoms in total. The molecular weight excluding hydrogens is 390 g/mol. The number of hydrogen-bond donors (Lipinski definition) is 1. The van der Waals surface area contributed by atoms with Gasteiger partial charge in [0.15, 0.2) is 0 Å². The number of amides is 1. The second-order valence-corrected chi connectivity index (χ2v) is 6.80. The number of anilines is 1. The maximum absolute atomic E-state index is 12.3. The number of esters is 1. The average molecular weight is 413 g/mol. The molecule has 3 aromatic rings. The smallest absolute Gasteiger partial charge is 0.337 e. The van der Waals surface area contributed by atoms with E-state index in [4.69, 9.17) is 9.47 Å². The minimum atomic E-state index is -0.400. The van der Waals surface area contributed by atoms with Gasteiger partial charge in [-0.15, -0.1) is 0 Å². The zero-order valence-corrected chi connectivity index (χ0v) is 17.5. The van der Waals surface area contributed by atoms with E-state index in [2.05, 4.69) is 17.2 Å². The molecule has 1 N–H and O–H groups in total. The molecule has 3 rings (SSSR count). The molecule has 3 aromatic carbocycles. The van der Waals surface area contributed by atoms with E-state index in [0.29, 0.717) is 29.7 Å². The summed E-state index contributed by atoms with van der Waals surface area (Å²) in [5.74, 6) is 6.43. The van der Waals surface area contributed by atoms with Gasteiger partial charge in [-0.3, -0.25) is 4.79 Å². The fraction of sp³-hybridized carbons (Fsp3) is 0.154. The summed E-state index contributed by atoms with van der Waals surface area (Å²) in [5, 5.41) is 2.91. The van der Waals surface area contributed by atoms with E-state index >= 15 is 0 Å². The van der Waals surface area contributed by atoms with Gasteiger partial charge in [-0.2, -0.15) is 0 Å². The summed E-state index contributed by atoms with van der Waals surface area (Å²) in [7, 11) is 2.97. The number of methoxy groups -OCH3 is 2. The molecule has 0 bridgehead atoms. The van der Waals surface area contributed by atoms with Gasteiger partial charge < -0.3 is 14.8 Å². The molecule has 156 valence electrons. The summed E-state index contributed by atoms with van der Waals surface area (Å²) in [5.41, 5.74) is 3.68. The van der Waals surface area contributed by atoms with Crippen molar-refractivity contribution in [1.82, 2.24) is 0 Å². The Morgan fingerprint density at radius 2 is 1.55 bits per heavy atom. The molecule has 1 amide bonds. The SMILES string of the molecule is COC(=O)c1cccc(C#Cc2cccc(NC(=O)CCc3ccc(OC)cc3)c2)c1. The van der Waals surface area contributed by atoms with Crippen LogP contribution in [0.1, 0.15) is 33.5 Å². The van der Waals surface area contributed by atoms with Crippen molar-refractivity contribution in [2.45, 2.75) is 12.8 Å². The Morgan fingerprint density at radius 1 is 0.871 bits per heavy atom. The van der Waals surface area contributed by atoms with Crippen molar-refractivity contribution < 1.29 is 19.1 Å². The summed E-state index contributed by atoms with van der Waals surface area (Å²) >= 11 is 0. The van der Waals surface area contributed by atoms with Crippen LogP contribution in [0.3, 0.4) is 0 Å². The molecule has 0 atom stereocenters. The Bertz CT molecular complexity index is 1120. The Balaban J connectivity index is 1.61. The van der Waals surface area contributed by atoms with Crippen LogP contribution in [0.25, 0.3) is 0 Å². The van der Waals surface area contributed by atoms with Crippen LogP contribution < -0.4 is 10.1 Å². The average Bonchev–Trinajstić information content (AvgIpc) is 2.81. The lowest BCUT2D eigenvalue weighted by atomic mass is 10.1. The summed E-state index contributed by atoms with van der Waals surface area (Å²) in [6.07, 6.45) is 1.02. The number of carbonyl (C=O) groups excluding carboxylic acids is 2. The van der Waals surface area contributed by atoms with Gasteiger partial charge in [0.25, 0.3) is 0 Å². The van der Waals surface area contributed by atoms with Crippen LogP contribution in [-0.2, 0) is 16.0 Å². The fourth-order valence-electron chi connectivity index (χ4n) is 2.93. The summed E-state index contributed by atoms with van der Waals surface area (Å²) in [6.45, 7) is 0. The third-order valence-electron chi connectivity index (χ3n) is 4.58. The van der Waals surface area contributed by atoms with Crippen LogP contribution >= 0.6 is 0 Å². The highest BCUT2D eigenvalue weighted by atomic mass is 16.5. The van der Waals surface area contributed by atoms with Gasteiger partial charge in [-0.25, -0.2) is 4.79 Å². The van der Waals surface area contributed by atoms with Crippen LogP contribution in [0.2, 0.25) is 0 Å². The highest BCUT2D eigenvalue weighted by Gasteiger charge is 2.05. The van der Waals surface area contributed by atoms with Gasteiger partial charge in [0, 0.05) is 23.2 Å². The second-order valence-electron chi connectivity index (χ2n) is 6.80. The van der Waals surface area contributed by atoms with E-state index < -0.39 is 5.97 Å². The number of aryl methyl sites for hydroxylation is 1. The van der Waals surface area contributed by atoms with Gasteiger partial charge >= 0.3 is 5.97 Å². The van der Waals surface area contributed by atoms with Crippen molar-refractivity contribution in [2.24, 2.45) is 0 Å². The molecule has 0 aliphatic carbocycles. The van der Waals surface area contributed by atoms with Gasteiger partial charge in [0.1, 0.15) is 5.75 Å². The largest absolute Gasteiger partial charge is 0.497 e. The molecule has 31 heavy (non-hydrogen) atoms. The second kappa shape index (κ2) is 10.7. The number of carbonyl (C=O) groups is 2. The number of nitrogens with one attached hydrogen (secondary N) is 1. The number of ether oxygens (including phenoxy) is 2. The molecule has 0 spiro atoms. The van der Waals surface area contributed by atoms with Gasteiger partial charge in [-0.05, 0) is 60.5 Å². The lowest BCUT2D eigenvalue weighted by Crippen LogP contribution is -2.12. The minimum Gasteiger partial charge on any atom is -0.497 e. The van der Waals surface area contributed by atoms with Crippen molar-refractivity contribution in [3.05, 3.63) is 95.1 Å². The predicted octanol–water partition coefficient (Wildman–Crippen LogP) is 4.45. The minimum absolute atomic E-state index is 0.0632. The number of benzene rings is 3. The van der Waals surface area contributed by atoms with Gasteiger partial charge in [0.2, 0.25) is 5.91 Å². The molecule has 0 aliphatic rings. The maximum atomic E-state index is 12.3. The number of rotatable bonds is 6. The molecule has 0 aromatic heterocycles. The summed E-state index contributed by atoms with van der Waals surface area (Å²) in [4.78, 5) is 24.0. The molecule has 0 aliphatic heterocycles. The third kappa shape index (κ3) is 6.48. The molecule has 0 fully saturated rings. The topological polar surface area (TPSA) is 64.6 Å². The highest BCUT2D eigenvalue weighted by Crippen LogP contribution is 2.14. The first-order valence-electron chi connectivity index (χ1n) is 9.80. The van der Waals surface area contributed by atoms with Crippen molar-refractivity contribution in [2.75, 3.05) is 19.5 Å². The molecule has 0 heterocycles. The quantitative estimate of drug-likeness (QED) is 0.479. The zero-order valence-electron chi connectivity index (χ0n) is 17.5. The van der Waals surface area contributed by atoms with Gasteiger partial charge in [-0.1, -0.05) is 36.1 Å². The predicted molar refractivity (Wildman–Crippen MR) is 120 cm³/mol. The van der Waals surface area contributed by atoms with E-state index in [-0.39, 0.29) is 5.91 Å². The normalized spacial score (nSPS) is 9.87. The molecule has 0 unspecified atom stereocenters. The Labute approximate surface area is 182 Å². The Hall–Kier alpha value is -4.04. The van der Waals surface area contributed by atoms with E-state index in [0.717, 1.165) is 16.9 Å². The van der Waals surface area contributed by atoms with E-state index in [1.165, 1.54) is 7.11 Å². The van der Waals surface area contributed by atoms with Crippen LogP contribution in [0.15, 0.2) is 72.8 Å². The van der Waals surface area contributed by atoms with Crippen LogP contribution in [0, 0.1) is 11.8 Å². The summed E-state index contributed by atoms with van der Waals surface area (Å²) in [6, 6.07) is 22.0. The van der Waals surface area contributed by atoms with Crippen molar-refractivity contribution in [1.29, 1.82) is 0 Å². The first-order chi connectivity index (χ1) is 15.1. The van der Waals surface area contributed by atoms with Crippen LogP contribution in [0.4, 0.5) is 5.69 Å². The number of hydrogen-bond acceptors (Lipinski definition) is 4. The zero-order chi connectivity index (χ0) is 22.1. The van der Waals surface area contributed by atoms with Crippen molar-refractivity contribution in [3.8, 4) is 17.6 Å². The molecular formula is C26H23NO4. The van der Waals surface area contributed by atoms with E-state index in [1.54, 1.807) is 25.3 Å². The van der Waals surface area contributed by atoms with E-state index in [1.807, 2.05) is 54.6 Å². The molecule has 0 saturated heterocycles. The molecule has 5 heteroatoms. The fourth-order valence-corrected chi connectivity index (χ4v) is 2.93. The van der Waals surface area contributed by atoms with Gasteiger partial charge in [0.05, 0.1) is 19.8 Å². The van der Waals surface area contributed by atoms with Crippen molar-refractivity contribution >= 4 is 17.6 Å². The monoisotopic (exact) mass is 413 g/mol. The third-order valence-corrected chi connectivity index (χ3v) is 4.58.